The number of nitro groups is 1. The second-order valence-electron chi connectivity index (χ2n) is 6.43. The number of hydrogen-bond donors (Lipinski definition) is 0. The van der Waals surface area contributed by atoms with Crippen LogP contribution in [0.2, 0.25) is 0 Å². The zero-order valence-electron chi connectivity index (χ0n) is 15.3. The van der Waals surface area contributed by atoms with Gasteiger partial charge in [0, 0.05) is 12.1 Å². The Labute approximate surface area is 166 Å². The van der Waals surface area contributed by atoms with Crippen molar-refractivity contribution in [1.29, 1.82) is 0 Å². The summed E-state index contributed by atoms with van der Waals surface area (Å²) >= 11 is 6.09. The topological polar surface area (TPSA) is 89.8 Å². The van der Waals surface area contributed by atoms with Gasteiger partial charge in [0.15, 0.2) is 0 Å². The maximum absolute atomic E-state index is 12.7. The van der Waals surface area contributed by atoms with Crippen LogP contribution in [-0.4, -0.2) is 34.8 Å². The Hall–Kier alpha value is -3.19. The molecule has 0 radical (unpaired) electrons. The van der Waals surface area contributed by atoms with Crippen LogP contribution in [-0.2, 0) is 9.59 Å². The zero-order valence-corrected chi connectivity index (χ0v) is 16.0. The quantitative estimate of drug-likeness (QED) is 0.419. The second-order valence-corrected chi connectivity index (χ2v) is 6.80. The molecule has 144 valence electrons. The molecule has 0 spiro atoms. The van der Waals surface area contributed by atoms with Crippen LogP contribution in [0.1, 0.15) is 16.7 Å². The fraction of sp³-hybridized carbons (Fsp3) is 0.200. The van der Waals surface area contributed by atoms with E-state index in [1.54, 1.807) is 0 Å². The number of carbonyl (C=O) groups excluding carboxylic acids is 2. The molecule has 0 aliphatic carbocycles. The Kier molecular flexibility index (Phi) is 5.46. The molecule has 0 saturated heterocycles. The molecule has 0 saturated carbocycles. The van der Waals surface area contributed by atoms with Crippen LogP contribution in [0.3, 0.4) is 0 Å². The molecule has 1 aliphatic rings. The van der Waals surface area contributed by atoms with E-state index in [0.29, 0.717) is 11.3 Å². The first-order chi connectivity index (χ1) is 13.3. The molecule has 28 heavy (non-hydrogen) atoms. The molecule has 0 fully saturated rings. The molecule has 0 atom stereocenters. The SMILES string of the molecule is Cc1cc(C)cc(OCCN2C(=O)C(Cl)=C(c3ccc([N+](=O)[O-])cc3)C2=O)c1. The molecule has 3 rings (SSSR count). The summed E-state index contributed by atoms with van der Waals surface area (Å²) in [5, 5.41) is 10.6. The summed E-state index contributed by atoms with van der Waals surface area (Å²) in [6.45, 7) is 4.07. The first-order valence-electron chi connectivity index (χ1n) is 8.50. The molecule has 1 heterocycles. The van der Waals surface area contributed by atoms with Crippen LogP contribution in [0.25, 0.3) is 5.57 Å². The molecule has 0 N–H and O–H groups in total. The van der Waals surface area contributed by atoms with Gasteiger partial charge in [0.2, 0.25) is 0 Å². The summed E-state index contributed by atoms with van der Waals surface area (Å²) < 4.78 is 5.66. The molecule has 2 aromatic rings. The van der Waals surface area contributed by atoms with E-state index < -0.39 is 16.7 Å². The molecule has 0 bridgehead atoms. The molecule has 8 heteroatoms. The lowest BCUT2D eigenvalue weighted by atomic mass is 10.1. The minimum atomic E-state index is -0.607. The van der Waals surface area contributed by atoms with Gasteiger partial charge in [-0.05, 0) is 54.8 Å². The van der Waals surface area contributed by atoms with Gasteiger partial charge in [-0.15, -0.1) is 0 Å². The number of benzene rings is 2. The van der Waals surface area contributed by atoms with Crippen molar-refractivity contribution in [1.82, 2.24) is 4.90 Å². The van der Waals surface area contributed by atoms with Gasteiger partial charge in [-0.3, -0.25) is 24.6 Å². The Morgan fingerprint density at radius 3 is 2.21 bits per heavy atom. The lowest BCUT2D eigenvalue weighted by Crippen LogP contribution is -2.35. The smallest absolute Gasteiger partial charge is 0.273 e. The molecular formula is C20H17ClN2O5. The Morgan fingerprint density at radius 1 is 1.04 bits per heavy atom. The van der Waals surface area contributed by atoms with E-state index in [1.807, 2.05) is 32.0 Å². The minimum absolute atomic E-state index is 0.0352. The number of non-ortho nitro benzene ring substituents is 1. The van der Waals surface area contributed by atoms with E-state index in [4.69, 9.17) is 16.3 Å². The maximum Gasteiger partial charge on any atom is 0.273 e. The van der Waals surface area contributed by atoms with Gasteiger partial charge in [0.05, 0.1) is 17.0 Å². The molecule has 2 amide bonds. The summed E-state index contributed by atoms with van der Waals surface area (Å²) in [6, 6.07) is 11.1. The summed E-state index contributed by atoms with van der Waals surface area (Å²) in [4.78, 5) is 36.3. The van der Waals surface area contributed by atoms with Crippen molar-refractivity contribution in [2.24, 2.45) is 0 Å². The summed E-state index contributed by atoms with van der Waals surface area (Å²) in [5.41, 5.74) is 2.37. The second kappa shape index (κ2) is 7.82. The normalized spacial score (nSPS) is 14.0. The Balaban J connectivity index is 1.71. The molecule has 2 aromatic carbocycles. The predicted octanol–water partition coefficient (Wildman–Crippen LogP) is 3.61. The number of ether oxygens (including phenoxy) is 1. The fourth-order valence-electron chi connectivity index (χ4n) is 3.02. The van der Waals surface area contributed by atoms with Gasteiger partial charge in [0.1, 0.15) is 17.4 Å². The van der Waals surface area contributed by atoms with Crippen LogP contribution in [0, 0.1) is 24.0 Å². The van der Waals surface area contributed by atoms with Crippen molar-refractivity contribution in [2.45, 2.75) is 13.8 Å². The number of amides is 2. The first kappa shape index (κ1) is 19.6. The number of rotatable bonds is 6. The number of aryl methyl sites for hydroxylation is 2. The van der Waals surface area contributed by atoms with Gasteiger partial charge in [0.25, 0.3) is 17.5 Å². The molecule has 0 unspecified atom stereocenters. The van der Waals surface area contributed by atoms with Crippen molar-refractivity contribution < 1.29 is 19.2 Å². The largest absolute Gasteiger partial charge is 0.492 e. The van der Waals surface area contributed by atoms with Crippen molar-refractivity contribution in [2.75, 3.05) is 13.2 Å². The Morgan fingerprint density at radius 2 is 1.64 bits per heavy atom. The van der Waals surface area contributed by atoms with Crippen molar-refractivity contribution >= 4 is 34.7 Å². The average molecular weight is 401 g/mol. The van der Waals surface area contributed by atoms with Crippen LogP contribution >= 0.6 is 11.6 Å². The number of imide groups is 1. The van der Waals surface area contributed by atoms with Crippen LogP contribution in [0.4, 0.5) is 5.69 Å². The van der Waals surface area contributed by atoms with E-state index in [9.17, 15) is 19.7 Å². The molecule has 0 aromatic heterocycles. The van der Waals surface area contributed by atoms with E-state index in [-0.39, 0.29) is 29.4 Å². The van der Waals surface area contributed by atoms with Gasteiger partial charge in [-0.1, -0.05) is 17.7 Å². The number of carbonyl (C=O) groups is 2. The van der Waals surface area contributed by atoms with Crippen molar-refractivity contribution in [3.05, 3.63) is 74.3 Å². The molecule has 1 aliphatic heterocycles. The zero-order chi connectivity index (χ0) is 20.4. The monoisotopic (exact) mass is 400 g/mol. The lowest BCUT2D eigenvalue weighted by molar-refractivity contribution is -0.384. The van der Waals surface area contributed by atoms with Gasteiger partial charge < -0.3 is 4.74 Å². The van der Waals surface area contributed by atoms with E-state index in [1.165, 1.54) is 24.3 Å². The third kappa shape index (κ3) is 3.89. The highest BCUT2D eigenvalue weighted by atomic mass is 35.5. The summed E-state index contributed by atoms with van der Waals surface area (Å²) in [6.07, 6.45) is 0. The highest BCUT2D eigenvalue weighted by molar-refractivity contribution is 6.55. The van der Waals surface area contributed by atoms with Gasteiger partial charge >= 0.3 is 0 Å². The standard InChI is InChI=1S/C20H17ClN2O5/c1-12-9-13(2)11-16(10-12)28-8-7-22-19(24)17(18(21)20(22)25)14-3-5-15(6-4-14)23(26)27/h3-6,9-11H,7-8H2,1-2H3. The highest BCUT2D eigenvalue weighted by Gasteiger charge is 2.38. The number of nitro benzene ring substituents is 1. The maximum atomic E-state index is 12.7. The third-order valence-corrected chi connectivity index (χ3v) is 4.61. The Bertz CT molecular complexity index is 978. The van der Waals surface area contributed by atoms with Crippen LogP contribution in [0.5, 0.6) is 5.75 Å². The lowest BCUT2D eigenvalue weighted by Gasteiger charge is -2.15. The van der Waals surface area contributed by atoms with Crippen molar-refractivity contribution in [3.8, 4) is 5.75 Å². The fourth-order valence-corrected chi connectivity index (χ4v) is 3.31. The summed E-state index contributed by atoms with van der Waals surface area (Å²) in [7, 11) is 0. The van der Waals surface area contributed by atoms with E-state index >= 15 is 0 Å². The third-order valence-electron chi connectivity index (χ3n) is 4.26. The number of hydrogen-bond acceptors (Lipinski definition) is 5. The van der Waals surface area contributed by atoms with Crippen LogP contribution < -0.4 is 4.74 Å². The summed E-state index contributed by atoms with van der Waals surface area (Å²) in [5.74, 6) is -0.497. The van der Waals surface area contributed by atoms with Crippen LogP contribution in [0.15, 0.2) is 47.5 Å². The predicted molar refractivity (Wildman–Crippen MR) is 104 cm³/mol. The first-order valence-corrected chi connectivity index (χ1v) is 8.87. The molecular weight excluding hydrogens is 384 g/mol. The van der Waals surface area contributed by atoms with Gasteiger partial charge in [-0.2, -0.15) is 0 Å². The van der Waals surface area contributed by atoms with E-state index in [2.05, 4.69) is 0 Å². The number of nitrogens with zero attached hydrogens (tertiary/aromatic N) is 2. The number of halogens is 1. The van der Waals surface area contributed by atoms with E-state index in [0.717, 1.165) is 16.0 Å². The highest BCUT2D eigenvalue weighted by Crippen LogP contribution is 2.32. The van der Waals surface area contributed by atoms with Gasteiger partial charge in [-0.25, -0.2) is 0 Å². The molecule has 7 nitrogen and oxygen atoms in total. The minimum Gasteiger partial charge on any atom is -0.492 e. The average Bonchev–Trinajstić information content (AvgIpc) is 2.84. The van der Waals surface area contributed by atoms with Crippen molar-refractivity contribution in [3.63, 3.8) is 0 Å².